The predicted octanol–water partition coefficient (Wildman–Crippen LogP) is 10.0. The molecule has 8 rings (SSSR count). The van der Waals surface area contributed by atoms with E-state index in [0.29, 0.717) is 18.2 Å². The van der Waals surface area contributed by atoms with Gasteiger partial charge in [0.25, 0.3) is 0 Å². The number of hydrogen-bond acceptors (Lipinski definition) is 1. The first-order valence-electron chi connectivity index (χ1n) is 16.5. The molecule has 0 saturated heterocycles. The van der Waals surface area contributed by atoms with Crippen LogP contribution in [-0.4, -0.2) is 18.2 Å². The van der Waals surface area contributed by atoms with E-state index in [1.807, 2.05) is 37.3 Å². The number of fused-ring (bicyclic) bond motifs is 4. The highest BCUT2D eigenvalue weighted by molar-refractivity contribution is 6.18. The summed E-state index contributed by atoms with van der Waals surface area (Å²) in [6, 6.07) is 60.4. The second kappa shape index (κ2) is 12.3. The zero-order valence-corrected chi connectivity index (χ0v) is 26.8. The second-order valence-corrected chi connectivity index (χ2v) is 12.1. The fraction of sp³-hybridized carbons (Fsp3) is 0.0667. The smallest absolute Gasteiger partial charge is 0.157 e. The molecule has 0 atom stereocenters. The monoisotopic (exact) mass is 617 g/mol. The number of hydrogen-bond donors (Lipinski definition) is 1. The molecule has 1 aliphatic carbocycles. The van der Waals surface area contributed by atoms with Crippen LogP contribution in [0.5, 0.6) is 0 Å². The Kier molecular flexibility index (Phi) is 7.51. The van der Waals surface area contributed by atoms with Crippen molar-refractivity contribution in [3.63, 3.8) is 0 Å². The molecule has 0 spiro atoms. The summed E-state index contributed by atoms with van der Waals surface area (Å²) in [5, 5.41) is 2.31. The van der Waals surface area contributed by atoms with Gasteiger partial charge in [-0.05, 0) is 62.7 Å². The molecule has 0 aliphatic heterocycles. The van der Waals surface area contributed by atoms with Gasteiger partial charge in [0.2, 0.25) is 0 Å². The topological polar surface area (TPSA) is 50.7 Å². The van der Waals surface area contributed by atoms with Gasteiger partial charge in [0.05, 0.1) is 5.41 Å². The summed E-state index contributed by atoms with van der Waals surface area (Å²) in [5.41, 5.74) is 17.7. The molecule has 230 valence electrons. The third-order valence-electron chi connectivity index (χ3n) is 9.53. The van der Waals surface area contributed by atoms with Crippen LogP contribution in [0.1, 0.15) is 40.3 Å². The summed E-state index contributed by atoms with van der Waals surface area (Å²) in [7, 11) is 0. The standard InChI is InChI=1S/C45H35N3/c1-2-47-44(48-43(46)32-18-6-3-7-19-32)38-30-29-31-17-12-13-24-35(31)41(38)37-26-16-28-40-42(37)36-25-14-15-27-39(36)45(40,33-20-8-4-9-21-33)34-22-10-5-11-23-34/h3-30H,2H2,1H3,(H2,46,47,48). The maximum atomic E-state index is 6.65. The largest absolute Gasteiger partial charge is 0.383 e. The summed E-state index contributed by atoms with van der Waals surface area (Å²) in [5.74, 6) is 1.07. The van der Waals surface area contributed by atoms with Gasteiger partial charge in [-0.2, -0.15) is 0 Å². The van der Waals surface area contributed by atoms with Crippen molar-refractivity contribution < 1.29 is 0 Å². The van der Waals surface area contributed by atoms with Gasteiger partial charge in [0, 0.05) is 23.2 Å². The minimum Gasteiger partial charge on any atom is -0.383 e. The van der Waals surface area contributed by atoms with Gasteiger partial charge < -0.3 is 5.73 Å². The summed E-state index contributed by atoms with van der Waals surface area (Å²) in [6.07, 6.45) is 0. The van der Waals surface area contributed by atoms with Gasteiger partial charge in [-0.25, -0.2) is 4.99 Å². The molecule has 0 aromatic heterocycles. The number of benzene rings is 7. The Balaban J connectivity index is 1.47. The van der Waals surface area contributed by atoms with Crippen LogP contribution in [0, 0.1) is 0 Å². The third kappa shape index (κ3) is 4.66. The number of aliphatic imine (C=N–C) groups is 2. The molecule has 0 radical (unpaired) electrons. The molecule has 48 heavy (non-hydrogen) atoms. The summed E-state index contributed by atoms with van der Waals surface area (Å²) in [4.78, 5) is 9.97. The van der Waals surface area contributed by atoms with Crippen molar-refractivity contribution in [1.29, 1.82) is 0 Å². The minimum absolute atomic E-state index is 0.442. The molecule has 0 amide bonds. The number of nitrogens with zero attached hydrogens (tertiary/aromatic N) is 2. The van der Waals surface area contributed by atoms with E-state index in [1.54, 1.807) is 0 Å². The van der Waals surface area contributed by atoms with E-state index in [-0.39, 0.29) is 0 Å². The Hall–Kier alpha value is -6.06. The lowest BCUT2D eigenvalue weighted by Crippen LogP contribution is -2.28. The first-order chi connectivity index (χ1) is 23.7. The van der Waals surface area contributed by atoms with Crippen LogP contribution in [0.15, 0.2) is 180 Å². The van der Waals surface area contributed by atoms with Crippen molar-refractivity contribution in [1.82, 2.24) is 0 Å². The zero-order valence-electron chi connectivity index (χ0n) is 26.8. The van der Waals surface area contributed by atoms with Crippen LogP contribution in [0.4, 0.5) is 0 Å². The maximum Gasteiger partial charge on any atom is 0.157 e. The molecule has 0 saturated carbocycles. The van der Waals surface area contributed by atoms with E-state index >= 15 is 0 Å². The van der Waals surface area contributed by atoms with Crippen molar-refractivity contribution >= 4 is 22.4 Å². The number of amidine groups is 2. The van der Waals surface area contributed by atoms with Crippen molar-refractivity contribution in [2.45, 2.75) is 12.3 Å². The lowest BCUT2D eigenvalue weighted by Gasteiger charge is -2.34. The fourth-order valence-corrected chi connectivity index (χ4v) is 7.57. The van der Waals surface area contributed by atoms with E-state index in [1.165, 1.54) is 33.4 Å². The fourth-order valence-electron chi connectivity index (χ4n) is 7.57. The molecule has 7 aromatic rings. The lowest BCUT2D eigenvalue weighted by molar-refractivity contribution is 0.768. The average molecular weight is 618 g/mol. The molecule has 3 heteroatoms. The summed E-state index contributed by atoms with van der Waals surface area (Å²) in [6.45, 7) is 2.62. The van der Waals surface area contributed by atoms with Crippen LogP contribution in [-0.2, 0) is 5.41 Å². The minimum atomic E-state index is -0.495. The van der Waals surface area contributed by atoms with E-state index in [0.717, 1.165) is 33.0 Å². The van der Waals surface area contributed by atoms with E-state index < -0.39 is 5.41 Å². The molecule has 3 nitrogen and oxygen atoms in total. The molecule has 0 heterocycles. The first-order valence-corrected chi connectivity index (χ1v) is 16.5. The quantitative estimate of drug-likeness (QED) is 0.147. The third-order valence-corrected chi connectivity index (χ3v) is 9.53. The van der Waals surface area contributed by atoms with Crippen LogP contribution in [0.2, 0.25) is 0 Å². The van der Waals surface area contributed by atoms with Gasteiger partial charge in [0.1, 0.15) is 5.84 Å². The normalized spacial score (nSPS) is 13.7. The molecule has 1 aliphatic rings. The average Bonchev–Trinajstić information content (AvgIpc) is 3.46. The van der Waals surface area contributed by atoms with Crippen molar-refractivity contribution in [3.8, 4) is 22.3 Å². The van der Waals surface area contributed by atoms with E-state index in [9.17, 15) is 0 Å². The van der Waals surface area contributed by atoms with E-state index in [2.05, 4.69) is 140 Å². The predicted molar refractivity (Wildman–Crippen MR) is 201 cm³/mol. The summed E-state index contributed by atoms with van der Waals surface area (Å²) >= 11 is 0. The van der Waals surface area contributed by atoms with Crippen molar-refractivity contribution in [3.05, 3.63) is 203 Å². The maximum absolute atomic E-state index is 6.65. The Morgan fingerprint density at radius 1 is 0.542 bits per heavy atom. The van der Waals surface area contributed by atoms with Crippen molar-refractivity contribution in [2.75, 3.05) is 6.54 Å². The Bertz CT molecular complexity index is 2280. The highest BCUT2D eigenvalue weighted by Crippen LogP contribution is 2.58. The van der Waals surface area contributed by atoms with Crippen LogP contribution >= 0.6 is 0 Å². The SMILES string of the molecule is CCN=C(N=C(N)c1ccccc1)c1ccc2ccccc2c1-c1cccc2c1-c1ccccc1C2(c1ccccc1)c1ccccc1. The zero-order chi connectivity index (χ0) is 32.5. The van der Waals surface area contributed by atoms with Crippen LogP contribution in [0.25, 0.3) is 33.0 Å². The second-order valence-electron chi connectivity index (χ2n) is 12.1. The highest BCUT2D eigenvalue weighted by atomic mass is 15.0. The Morgan fingerprint density at radius 3 is 1.83 bits per heavy atom. The molecule has 0 unspecified atom stereocenters. The first kappa shape index (κ1) is 29.3. The van der Waals surface area contributed by atoms with Crippen molar-refractivity contribution in [2.24, 2.45) is 15.7 Å². The molecular formula is C45H35N3. The number of rotatable bonds is 6. The molecule has 2 N–H and O–H groups in total. The molecule has 7 aromatic carbocycles. The van der Waals surface area contributed by atoms with Gasteiger partial charge in [-0.1, -0.05) is 164 Å². The Labute approximate surface area is 281 Å². The number of nitrogens with two attached hydrogens (primary N) is 1. The van der Waals surface area contributed by atoms with Gasteiger partial charge in [-0.3, -0.25) is 4.99 Å². The van der Waals surface area contributed by atoms with Gasteiger partial charge in [0.15, 0.2) is 5.84 Å². The summed E-state index contributed by atoms with van der Waals surface area (Å²) < 4.78 is 0. The van der Waals surface area contributed by atoms with E-state index in [4.69, 9.17) is 15.7 Å². The van der Waals surface area contributed by atoms with Gasteiger partial charge in [-0.15, -0.1) is 0 Å². The van der Waals surface area contributed by atoms with Crippen LogP contribution < -0.4 is 5.73 Å². The van der Waals surface area contributed by atoms with Crippen LogP contribution in [0.3, 0.4) is 0 Å². The molecule has 0 bridgehead atoms. The Morgan fingerprint density at radius 2 is 1.12 bits per heavy atom. The highest BCUT2D eigenvalue weighted by Gasteiger charge is 2.46. The van der Waals surface area contributed by atoms with Gasteiger partial charge >= 0.3 is 0 Å². The molecule has 0 fully saturated rings. The molecular weight excluding hydrogens is 583 g/mol. The lowest BCUT2D eigenvalue weighted by atomic mass is 9.67.